The fourth-order valence-corrected chi connectivity index (χ4v) is 8.56. The van der Waals surface area contributed by atoms with Crippen LogP contribution in [0, 0.1) is 29.1 Å². The van der Waals surface area contributed by atoms with E-state index in [1.54, 1.807) is 56.4 Å². The predicted octanol–water partition coefficient (Wildman–Crippen LogP) is 3.81. The maximum absolute atomic E-state index is 15.6. The van der Waals surface area contributed by atoms with Crippen molar-refractivity contribution in [3.05, 3.63) is 90.4 Å². The molecule has 4 aromatic rings. The molecule has 0 aliphatic heterocycles. The topological polar surface area (TPSA) is 253 Å². The molecular weight excluding hydrogens is 737 g/mol. The number of para-hydroxylation sites is 1. The molecule has 10 N–H and O–H groups in total. The summed E-state index contributed by atoms with van der Waals surface area (Å²) in [5.74, 6) is -6.75. The Balaban J connectivity index is 1.71. The molecule has 14 nitrogen and oxygen atoms in total. The number of pyridine rings is 2. The lowest BCUT2D eigenvalue weighted by atomic mass is 9.57. The van der Waals surface area contributed by atoms with Crippen molar-refractivity contribution in [2.75, 3.05) is 0 Å². The van der Waals surface area contributed by atoms with Crippen molar-refractivity contribution in [3.8, 4) is 0 Å². The number of ketones is 3. The number of imidazole rings is 1. The first-order valence-corrected chi connectivity index (χ1v) is 20.5. The van der Waals surface area contributed by atoms with E-state index in [0.717, 1.165) is 37.5 Å². The number of aromatic amines is 1. The highest BCUT2D eigenvalue weighted by Gasteiger charge is 2.62. The van der Waals surface area contributed by atoms with Gasteiger partial charge in [0.25, 0.3) is 0 Å². The van der Waals surface area contributed by atoms with Crippen molar-refractivity contribution >= 4 is 34.2 Å². The number of carbonyl (C=O) groups excluding carboxylic acids is 4. The Morgan fingerprint density at radius 1 is 0.897 bits per heavy atom. The maximum atomic E-state index is 15.6. The fourth-order valence-electron chi connectivity index (χ4n) is 8.56. The molecule has 0 spiro atoms. The van der Waals surface area contributed by atoms with Crippen LogP contribution in [0.25, 0.3) is 10.9 Å². The van der Waals surface area contributed by atoms with Crippen LogP contribution in [0.3, 0.4) is 0 Å². The van der Waals surface area contributed by atoms with Crippen LogP contribution in [0.2, 0.25) is 0 Å². The van der Waals surface area contributed by atoms with E-state index in [4.69, 9.17) is 17.2 Å². The Bertz CT molecular complexity index is 1990. The van der Waals surface area contributed by atoms with Gasteiger partial charge in [-0.25, -0.2) is 9.97 Å². The zero-order valence-corrected chi connectivity index (χ0v) is 34.0. The number of aliphatic hydroxyl groups excluding tert-OH is 2. The van der Waals surface area contributed by atoms with Gasteiger partial charge in [0.2, 0.25) is 5.91 Å². The number of nitrogens with one attached hydrogen (secondary N) is 2. The second-order valence-corrected chi connectivity index (χ2v) is 16.3. The van der Waals surface area contributed by atoms with Gasteiger partial charge in [0.1, 0.15) is 11.5 Å². The lowest BCUT2D eigenvalue weighted by Gasteiger charge is -2.46. The molecule has 0 bridgehead atoms. The Kier molecular flexibility index (Phi) is 15.2. The quantitative estimate of drug-likeness (QED) is 0.0631. The van der Waals surface area contributed by atoms with E-state index in [2.05, 4.69) is 25.3 Å². The summed E-state index contributed by atoms with van der Waals surface area (Å²) in [6.45, 7) is 6.85. The van der Waals surface area contributed by atoms with Crippen LogP contribution in [0.1, 0.15) is 102 Å². The number of nitrogens with zero attached hydrogens (tertiary/aromatic N) is 3. The van der Waals surface area contributed by atoms with Gasteiger partial charge < -0.3 is 37.7 Å². The number of nitrogens with two attached hydrogens (primary N) is 3. The number of rotatable bonds is 20. The van der Waals surface area contributed by atoms with Crippen LogP contribution < -0.4 is 22.5 Å². The van der Waals surface area contributed by atoms with Gasteiger partial charge in [-0.1, -0.05) is 96.6 Å². The normalized spacial score (nSPS) is 18.9. The number of benzene rings is 1. The third-order valence-electron chi connectivity index (χ3n) is 12.2. The van der Waals surface area contributed by atoms with Crippen molar-refractivity contribution in [3.63, 3.8) is 0 Å². The minimum Gasteiger partial charge on any atom is -0.391 e. The molecule has 3 aromatic heterocycles. The largest absolute Gasteiger partial charge is 0.391 e. The van der Waals surface area contributed by atoms with Crippen LogP contribution in [0.5, 0.6) is 0 Å². The molecule has 3 unspecified atom stereocenters. The Labute approximate surface area is 340 Å². The van der Waals surface area contributed by atoms with Gasteiger partial charge in [-0.05, 0) is 48.4 Å². The van der Waals surface area contributed by atoms with Crippen LogP contribution in [0.15, 0.2) is 73.3 Å². The van der Waals surface area contributed by atoms with E-state index in [0.29, 0.717) is 24.1 Å². The molecule has 1 fully saturated rings. The third kappa shape index (κ3) is 9.58. The number of hydrogen-bond acceptors (Lipinski definition) is 12. The van der Waals surface area contributed by atoms with Crippen molar-refractivity contribution in [1.82, 2.24) is 25.3 Å². The van der Waals surface area contributed by atoms with Gasteiger partial charge in [0.05, 0.1) is 53.0 Å². The van der Waals surface area contributed by atoms with E-state index < -0.39 is 76.9 Å². The summed E-state index contributed by atoms with van der Waals surface area (Å²) in [5.41, 5.74) is 18.6. The van der Waals surface area contributed by atoms with E-state index in [1.165, 1.54) is 18.6 Å². The molecule has 1 amide bonds. The molecule has 1 saturated carbocycles. The maximum Gasteiger partial charge on any atom is 0.235 e. The van der Waals surface area contributed by atoms with Crippen molar-refractivity contribution in [2.45, 2.75) is 115 Å². The third-order valence-corrected chi connectivity index (χ3v) is 12.2. The summed E-state index contributed by atoms with van der Waals surface area (Å²) in [4.78, 5) is 76.5. The molecule has 1 aromatic carbocycles. The number of hydrogen-bond donors (Lipinski definition) is 7. The first-order chi connectivity index (χ1) is 27.7. The number of Topliss-reactive ketones (excluding diaryl/α,β-unsaturated/α-hetero) is 3. The van der Waals surface area contributed by atoms with Crippen LogP contribution in [-0.2, 0) is 25.6 Å². The molecule has 14 heteroatoms. The predicted molar refractivity (Wildman–Crippen MR) is 220 cm³/mol. The van der Waals surface area contributed by atoms with Crippen molar-refractivity contribution < 1.29 is 29.4 Å². The Morgan fingerprint density at radius 3 is 2.24 bits per heavy atom. The standard InChI is InChI=1S/C44H60N8O6/c1-5-26(4)36(47)41(56)37(33-17-11-12-20-49-33)52-43(58)44(25(2)3,42(57)31(46)22-29-23-48-24-50-29)35(38(53)30(45)21-27-13-7-6-8-14-27)40(55)39(54)34-19-18-28-15-9-10-16-32(28)51-34/h9-12,15-20,23-27,30-31,35-39,53-54H,5-8,13-14,21-22,45-47H2,1-4H3,(H,48,50)(H,52,58)/t26-,30-,31-,35?,36-,37?,38+,39?,44-/m0/s1. The number of aromatic nitrogens is 4. The summed E-state index contributed by atoms with van der Waals surface area (Å²) < 4.78 is 0. The Hall–Kier alpha value is -4.73. The molecule has 3 heterocycles. The molecule has 1 aliphatic rings. The number of amides is 1. The van der Waals surface area contributed by atoms with Crippen LogP contribution in [0.4, 0.5) is 0 Å². The Morgan fingerprint density at radius 2 is 1.60 bits per heavy atom. The van der Waals surface area contributed by atoms with Gasteiger partial charge in [-0.2, -0.15) is 0 Å². The van der Waals surface area contributed by atoms with E-state index in [9.17, 15) is 15.0 Å². The van der Waals surface area contributed by atoms with Crippen molar-refractivity contribution in [1.29, 1.82) is 0 Å². The molecule has 1 aliphatic carbocycles. The highest BCUT2D eigenvalue weighted by molar-refractivity contribution is 6.13. The molecule has 5 rings (SSSR count). The number of aliphatic hydroxyl groups is 2. The molecular formula is C44H60N8O6. The van der Waals surface area contributed by atoms with Crippen LogP contribution >= 0.6 is 0 Å². The average molecular weight is 797 g/mol. The first kappa shape index (κ1) is 44.4. The molecule has 312 valence electrons. The fraction of sp³-hybridized carbons (Fsp3) is 0.523. The number of fused-ring (bicyclic) bond motifs is 1. The minimum absolute atomic E-state index is 0.0471. The molecule has 0 radical (unpaired) electrons. The van der Waals surface area contributed by atoms with Gasteiger partial charge >= 0.3 is 0 Å². The first-order valence-electron chi connectivity index (χ1n) is 20.5. The SMILES string of the molecule is CC[C@H](C)[C@H](N)C(=O)C(NC(=O)[C@@](C(=O)[C@@H](N)Cc1c[nH]cn1)(C(C)C)C(C(=O)C(O)c1ccc2ccccc2n1)[C@H](O)[C@@H](N)CC1CCCCC1)c1ccccn1. The molecule has 0 saturated heterocycles. The summed E-state index contributed by atoms with van der Waals surface area (Å²) in [7, 11) is 0. The average Bonchev–Trinajstić information content (AvgIpc) is 3.76. The van der Waals surface area contributed by atoms with Gasteiger partial charge in [0, 0.05) is 30.2 Å². The number of H-pyrrole nitrogens is 1. The minimum atomic E-state index is -2.51. The highest BCUT2D eigenvalue weighted by Crippen LogP contribution is 2.45. The lowest BCUT2D eigenvalue weighted by Crippen LogP contribution is -2.66. The second-order valence-electron chi connectivity index (χ2n) is 16.3. The summed E-state index contributed by atoms with van der Waals surface area (Å²) >= 11 is 0. The molecule has 58 heavy (non-hydrogen) atoms. The van der Waals surface area contributed by atoms with Gasteiger partial charge in [-0.15, -0.1) is 0 Å². The van der Waals surface area contributed by atoms with Gasteiger partial charge in [-0.3, -0.25) is 24.2 Å². The summed E-state index contributed by atoms with van der Waals surface area (Å²) in [6.07, 6.45) is 6.15. The van der Waals surface area contributed by atoms with Crippen LogP contribution in [-0.4, -0.2) is 77.6 Å². The molecule has 9 atom stereocenters. The van der Waals surface area contributed by atoms with E-state index in [-0.39, 0.29) is 29.6 Å². The monoisotopic (exact) mass is 796 g/mol. The van der Waals surface area contributed by atoms with Gasteiger partial charge in [0.15, 0.2) is 23.5 Å². The zero-order valence-electron chi connectivity index (χ0n) is 34.0. The van der Waals surface area contributed by atoms with E-state index in [1.807, 2.05) is 26.0 Å². The number of carbonyl (C=O) groups is 4. The highest BCUT2D eigenvalue weighted by atomic mass is 16.3. The smallest absolute Gasteiger partial charge is 0.235 e. The lowest BCUT2D eigenvalue weighted by molar-refractivity contribution is -0.166. The second kappa shape index (κ2) is 19.8. The summed E-state index contributed by atoms with van der Waals surface area (Å²) in [5, 5.41) is 28.1. The summed E-state index contributed by atoms with van der Waals surface area (Å²) in [6, 6.07) is 10.2. The van der Waals surface area contributed by atoms with E-state index >= 15 is 14.4 Å². The zero-order chi connectivity index (χ0) is 42.1. The van der Waals surface area contributed by atoms with Crippen molar-refractivity contribution in [2.24, 2.45) is 46.3 Å².